The van der Waals surface area contributed by atoms with Crippen molar-refractivity contribution in [2.24, 2.45) is 0 Å². The summed E-state index contributed by atoms with van der Waals surface area (Å²) in [4.78, 5) is 24.4. The summed E-state index contributed by atoms with van der Waals surface area (Å²) in [6, 6.07) is 17.8. The number of benzene rings is 2. The first-order valence-corrected chi connectivity index (χ1v) is 6.21. The van der Waals surface area contributed by atoms with E-state index in [-0.39, 0.29) is 24.7 Å². The van der Waals surface area contributed by atoms with Gasteiger partial charge < -0.3 is 4.90 Å². The zero-order valence-electron chi connectivity index (χ0n) is 10.4. The van der Waals surface area contributed by atoms with Crippen LogP contribution in [0.15, 0.2) is 54.6 Å². The molecular formula is C16H13NO2. The van der Waals surface area contributed by atoms with Gasteiger partial charge in [0, 0.05) is 5.69 Å². The van der Waals surface area contributed by atoms with Gasteiger partial charge in [0.1, 0.15) is 0 Å². The molecule has 1 aliphatic heterocycles. The van der Waals surface area contributed by atoms with E-state index in [9.17, 15) is 9.59 Å². The predicted octanol–water partition coefficient (Wildman–Crippen LogP) is 2.66. The molecule has 0 aliphatic carbocycles. The lowest BCUT2D eigenvalue weighted by Crippen LogP contribution is -2.24. The first-order valence-electron chi connectivity index (χ1n) is 6.21. The summed E-state index contributed by atoms with van der Waals surface area (Å²) in [5.41, 5.74) is 3.02. The molecule has 19 heavy (non-hydrogen) atoms. The van der Waals surface area contributed by atoms with Crippen LogP contribution >= 0.6 is 0 Å². The smallest absolute Gasteiger partial charge is 0.234 e. The number of nitrogens with zero attached hydrogens (tertiary/aromatic N) is 1. The van der Waals surface area contributed by atoms with Gasteiger partial charge in [-0.2, -0.15) is 0 Å². The standard InChI is InChI=1S/C16H13NO2/c18-15-10-16(19)17(11-15)14-8-6-13(7-9-14)12-4-2-1-3-5-12/h1-9H,10-11H2. The van der Waals surface area contributed by atoms with Crippen LogP contribution in [0.1, 0.15) is 6.42 Å². The molecule has 0 atom stereocenters. The number of carbonyl (C=O) groups is 2. The van der Waals surface area contributed by atoms with Crippen molar-refractivity contribution < 1.29 is 9.59 Å². The zero-order valence-corrected chi connectivity index (χ0v) is 10.4. The summed E-state index contributed by atoms with van der Waals surface area (Å²) in [6.45, 7) is 0.198. The topological polar surface area (TPSA) is 37.4 Å². The van der Waals surface area contributed by atoms with Gasteiger partial charge in [0.2, 0.25) is 5.91 Å². The second kappa shape index (κ2) is 4.69. The monoisotopic (exact) mass is 251 g/mol. The van der Waals surface area contributed by atoms with E-state index in [0.717, 1.165) is 16.8 Å². The van der Waals surface area contributed by atoms with E-state index < -0.39 is 0 Å². The lowest BCUT2D eigenvalue weighted by Gasteiger charge is -2.15. The maximum absolute atomic E-state index is 11.6. The SMILES string of the molecule is O=C1CC(=O)N(c2ccc(-c3ccccc3)cc2)C1. The molecule has 0 N–H and O–H groups in total. The van der Waals surface area contributed by atoms with Crippen molar-refractivity contribution in [2.75, 3.05) is 11.4 Å². The molecule has 0 unspecified atom stereocenters. The molecule has 3 heteroatoms. The fourth-order valence-corrected chi connectivity index (χ4v) is 2.28. The summed E-state index contributed by atoms with van der Waals surface area (Å²) in [7, 11) is 0. The normalized spacial score (nSPS) is 15.1. The van der Waals surface area contributed by atoms with E-state index in [4.69, 9.17) is 0 Å². The molecule has 0 saturated carbocycles. The van der Waals surface area contributed by atoms with Crippen LogP contribution in [0.5, 0.6) is 0 Å². The molecule has 0 spiro atoms. The molecule has 1 amide bonds. The summed E-state index contributed by atoms with van der Waals surface area (Å²) in [5.74, 6) is -0.130. The van der Waals surface area contributed by atoms with Crippen molar-refractivity contribution in [3.63, 3.8) is 0 Å². The Balaban J connectivity index is 1.87. The fourth-order valence-electron chi connectivity index (χ4n) is 2.28. The van der Waals surface area contributed by atoms with Gasteiger partial charge in [-0.15, -0.1) is 0 Å². The number of rotatable bonds is 2. The average molecular weight is 251 g/mol. The highest BCUT2D eigenvalue weighted by Gasteiger charge is 2.28. The van der Waals surface area contributed by atoms with Crippen LogP contribution in [0.25, 0.3) is 11.1 Å². The lowest BCUT2D eigenvalue weighted by atomic mass is 10.1. The molecule has 1 aliphatic rings. The molecule has 0 radical (unpaired) electrons. The number of carbonyl (C=O) groups excluding carboxylic acids is 2. The van der Waals surface area contributed by atoms with Crippen LogP contribution in [-0.4, -0.2) is 18.2 Å². The Labute approximate surface area is 111 Å². The van der Waals surface area contributed by atoms with Gasteiger partial charge in [-0.25, -0.2) is 0 Å². The van der Waals surface area contributed by atoms with Gasteiger partial charge in [0.25, 0.3) is 0 Å². The summed E-state index contributed by atoms with van der Waals surface area (Å²) >= 11 is 0. The highest BCUT2D eigenvalue weighted by atomic mass is 16.2. The Bertz CT molecular complexity index is 617. The van der Waals surface area contributed by atoms with Crippen molar-refractivity contribution in [2.45, 2.75) is 6.42 Å². The van der Waals surface area contributed by atoms with Crippen LogP contribution in [0.3, 0.4) is 0 Å². The summed E-state index contributed by atoms with van der Waals surface area (Å²) < 4.78 is 0. The second-order valence-corrected chi connectivity index (χ2v) is 4.61. The molecule has 2 aromatic rings. The Hall–Kier alpha value is -2.42. The molecule has 1 fully saturated rings. The number of hydrogen-bond acceptors (Lipinski definition) is 2. The van der Waals surface area contributed by atoms with Gasteiger partial charge >= 0.3 is 0 Å². The van der Waals surface area contributed by atoms with E-state index in [1.807, 2.05) is 54.6 Å². The largest absolute Gasteiger partial charge is 0.305 e. The number of hydrogen-bond donors (Lipinski definition) is 0. The number of amides is 1. The van der Waals surface area contributed by atoms with Crippen LogP contribution in [0.4, 0.5) is 5.69 Å². The van der Waals surface area contributed by atoms with Gasteiger partial charge in [-0.1, -0.05) is 42.5 Å². The van der Waals surface area contributed by atoms with Crippen LogP contribution < -0.4 is 4.90 Å². The maximum Gasteiger partial charge on any atom is 0.234 e. The van der Waals surface area contributed by atoms with Crippen molar-refractivity contribution in [3.05, 3.63) is 54.6 Å². The van der Waals surface area contributed by atoms with Gasteiger partial charge in [-0.05, 0) is 23.3 Å². The highest BCUT2D eigenvalue weighted by Crippen LogP contribution is 2.25. The van der Waals surface area contributed by atoms with Crippen molar-refractivity contribution in [1.29, 1.82) is 0 Å². The van der Waals surface area contributed by atoms with E-state index in [0.29, 0.717) is 0 Å². The Morgan fingerprint density at radius 1 is 0.789 bits per heavy atom. The van der Waals surface area contributed by atoms with Crippen molar-refractivity contribution in [1.82, 2.24) is 0 Å². The van der Waals surface area contributed by atoms with Crippen LogP contribution in [0.2, 0.25) is 0 Å². The minimum atomic E-state index is -0.113. The zero-order chi connectivity index (χ0) is 13.2. The van der Waals surface area contributed by atoms with Crippen LogP contribution in [0, 0.1) is 0 Å². The molecule has 94 valence electrons. The van der Waals surface area contributed by atoms with Crippen molar-refractivity contribution in [3.8, 4) is 11.1 Å². The number of Topliss-reactive ketones (excluding diaryl/α,β-unsaturated/α-hetero) is 1. The highest BCUT2D eigenvalue weighted by molar-refractivity contribution is 6.15. The molecule has 1 heterocycles. The van der Waals surface area contributed by atoms with E-state index in [1.54, 1.807) is 0 Å². The Morgan fingerprint density at radius 2 is 1.42 bits per heavy atom. The molecule has 1 saturated heterocycles. The minimum Gasteiger partial charge on any atom is -0.305 e. The number of ketones is 1. The molecular weight excluding hydrogens is 238 g/mol. The number of anilines is 1. The molecule has 0 aromatic heterocycles. The van der Waals surface area contributed by atoms with Crippen molar-refractivity contribution >= 4 is 17.4 Å². The van der Waals surface area contributed by atoms with Gasteiger partial charge in [0.15, 0.2) is 5.78 Å². The minimum absolute atomic E-state index is 0.0165. The first-order chi connectivity index (χ1) is 9.24. The second-order valence-electron chi connectivity index (χ2n) is 4.61. The van der Waals surface area contributed by atoms with Gasteiger partial charge in [-0.3, -0.25) is 9.59 Å². The molecule has 0 bridgehead atoms. The molecule has 3 nitrogen and oxygen atoms in total. The lowest BCUT2D eigenvalue weighted by molar-refractivity contribution is -0.121. The Kier molecular flexibility index (Phi) is 2.88. The third kappa shape index (κ3) is 2.27. The van der Waals surface area contributed by atoms with Gasteiger partial charge in [0.05, 0.1) is 13.0 Å². The van der Waals surface area contributed by atoms with E-state index >= 15 is 0 Å². The average Bonchev–Trinajstić information content (AvgIpc) is 2.79. The molecule has 2 aromatic carbocycles. The molecule has 3 rings (SSSR count). The third-order valence-corrected chi connectivity index (χ3v) is 3.27. The quantitative estimate of drug-likeness (QED) is 0.769. The summed E-state index contributed by atoms with van der Waals surface area (Å²) in [5, 5.41) is 0. The van der Waals surface area contributed by atoms with Crippen LogP contribution in [-0.2, 0) is 9.59 Å². The predicted molar refractivity (Wildman–Crippen MR) is 73.9 cm³/mol. The third-order valence-electron chi connectivity index (χ3n) is 3.27. The van der Waals surface area contributed by atoms with E-state index in [2.05, 4.69) is 0 Å². The first kappa shape index (κ1) is 11.7. The summed E-state index contributed by atoms with van der Waals surface area (Å²) in [6.07, 6.45) is 0.0282. The Morgan fingerprint density at radius 3 is 2.00 bits per heavy atom. The fraction of sp³-hybridized carbons (Fsp3) is 0.125. The maximum atomic E-state index is 11.6. The van der Waals surface area contributed by atoms with E-state index in [1.165, 1.54) is 4.90 Å².